The van der Waals surface area contributed by atoms with Crippen molar-refractivity contribution in [2.45, 2.75) is 0 Å². The highest BCUT2D eigenvalue weighted by Crippen LogP contribution is 2.00. The molecule has 0 fully saturated rings. The molecule has 4 nitrogen and oxygen atoms in total. The monoisotopic (exact) mass is 132 g/mol. The van der Waals surface area contributed by atoms with Gasteiger partial charge >= 0.3 is 0 Å². The number of aryl methyl sites for hydroxylation is 1. The Morgan fingerprint density at radius 1 is 1.50 bits per heavy atom. The van der Waals surface area contributed by atoms with Gasteiger partial charge in [0.15, 0.2) is 11.4 Å². The lowest BCUT2D eigenvalue weighted by molar-refractivity contribution is 0.896. The van der Waals surface area contributed by atoms with Gasteiger partial charge in [0.05, 0.1) is 6.33 Å². The van der Waals surface area contributed by atoms with E-state index >= 15 is 0 Å². The van der Waals surface area contributed by atoms with Gasteiger partial charge in [0.2, 0.25) is 0 Å². The molecule has 0 aromatic carbocycles. The average Bonchev–Trinajstić information content (AvgIpc) is 2.30. The molecule has 0 radical (unpaired) electrons. The Morgan fingerprint density at radius 2 is 2.20 bits per heavy atom. The fourth-order valence-electron chi connectivity index (χ4n) is 0.644. The number of nitriles is 2. The van der Waals surface area contributed by atoms with Crippen molar-refractivity contribution in [2.24, 2.45) is 7.05 Å². The number of nitrogens with zero attached hydrogens (tertiary/aromatic N) is 4. The molecule has 0 amide bonds. The van der Waals surface area contributed by atoms with Crippen molar-refractivity contribution in [3.05, 3.63) is 17.7 Å². The molecular weight excluding hydrogens is 128 g/mol. The first-order valence-corrected chi connectivity index (χ1v) is 2.61. The van der Waals surface area contributed by atoms with Crippen molar-refractivity contribution in [2.75, 3.05) is 0 Å². The SMILES string of the molecule is Cn1cnc(C#N)c1C#N. The number of rotatable bonds is 0. The second-order valence-corrected chi connectivity index (χ2v) is 1.78. The van der Waals surface area contributed by atoms with Gasteiger partial charge < -0.3 is 4.57 Å². The van der Waals surface area contributed by atoms with E-state index in [-0.39, 0.29) is 5.69 Å². The predicted molar refractivity (Wildman–Crippen MR) is 32.6 cm³/mol. The second-order valence-electron chi connectivity index (χ2n) is 1.78. The Labute approximate surface area is 58.0 Å². The summed E-state index contributed by atoms with van der Waals surface area (Å²) < 4.78 is 1.51. The maximum Gasteiger partial charge on any atom is 0.176 e. The van der Waals surface area contributed by atoms with Gasteiger partial charge in [-0.2, -0.15) is 10.5 Å². The van der Waals surface area contributed by atoms with E-state index in [4.69, 9.17) is 10.5 Å². The Balaban J connectivity index is 3.34. The lowest BCUT2D eigenvalue weighted by Gasteiger charge is -1.86. The molecule has 1 rings (SSSR count). The minimum absolute atomic E-state index is 0.185. The summed E-state index contributed by atoms with van der Waals surface area (Å²) in [6.07, 6.45) is 1.44. The van der Waals surface area contributed by atoms with Crippen molar-refractivity contribution in [3.8, 4) is 12.1 Å². The van der Waals surface area contributed by atoms with E-state index in [0.29, 0.717) is 5.69 Å². The summed E-state index contributed by atoms with van der Waals surface area (Å²) >= 11 is 0. The van der Waals surface area contributed by atoms with Gasteiger partial charge in [0, 0.05) is 7.05 Å². The molecule has 0 saturated carbocycles. The molecule has 0 atom stereocenters. The molecule has 48 valence electrons. The number of aromatic nitrogens is 2. The minimum Gasteiger partial charge on any atom is -0.324 e. The summed E-state index contributed by atoms with van der Waals surface area (Å²) in [7, 11) is 1.67. The molecule has 4 heteroatoms. The fraction of sp³-hybridized carbons (Fsp3) is 0.167. The van der Waals surface area contributed by atoms with Crippen molar-refractivity contribution in [3.63, 3.8) is 0 Å². The van der Waals surface area contributed by atoms with E-state index in [1.807, 2.05) is 12.1 Å². The van der Waals surface area contributed by atoms with Crippen LogP contribution in [0.4, 0.5) is 0 Å². The molecule has 0 bridgehead atoms. The number of hydrogen-bond acceptors (Lipinski definition) is 3. The van der Waals surface area contributed by atoms with Crippen molar-refractivity contribution in [1.82, 2.24) is 9.55 Å². The zero-order valence-corrected chi connectivity index (χ0v) is 5.37. The van der Waals surface area contributed by atoms with Gasteiger partial charge in [-0.25, -0.2) is 4.98 Å². The lowest BCUT2D eigenvalue weighted by atomic mass is 10.4. The maximum atomic E-state index is 8.46. The molecule has 0 N–H and O–H groups in total. The van der Waals surface area contributed by atoms with Gasteiger partial charge in [0.25, 0.3) is 0 Å². The van der Waals surface area contributed by atoms with Crippen molar-refractivity contribution in [1.29, 1.82) is 10.5 Å². The van der Waals surface area contributed by atoms with Gasteiger partial charge in [-0.05, 0) is 0 Å². The van der Waals surface area contributed by atoms with Gasteiger partial charge in [0.1, 0.15) is 12.1 Å². The van der Waals surface area contributed by atoms with E-state index in [1.54, 1.807) is 7.05 Å². The van der Waals surface area contributed by atoms with Crippen LogP contribution in [0.1, 0.15) is 11.4 Å². The standard InChI is InChI=1S/C6H4N4/c1-10-4-9-5(2-7)6(10)3-8/h4H,1H3. The fourth-order valence-corrected chi connectivity index (χ4v) is 0.644. The minimum atomic E-state index is 0.185. The normalized spacial score (nSPS) is 8.30. The third-order valence-corrected chi connectivity index (χ3v) is 1.15. The second kappa shape index (κ2) is 2.20. The molecule has 0 unspecified atom stereocenters. The summed E-state index contributed by atoms with van der Waals surface area (Å²) in [5.74, 6) is 0. The summed E-state index contributed by atoms with van der Waals surface area (Å²) in [4.78, 5) is 3.68. The van der Waals surface area contributed by atoms with Gasteiger partial charge in [-0.15, -0.1) is 0 Å². The quantitative estimate of drug-likeness (QED) is 0.505. The van der Waals surface area contributed by atoms with Crippen molar-refractivity contribution < 1.29 is 0 Å². The zero-order valence-electron chi connectivity index (χ0n) is 5.37. The number of hydrogen-bond donors (Lipinski definition) is 0. The van der Waals surface area contributed by atoms with Gasteiger partial charge in [-0.3, -0.25) is 0 Å². The molecule has 10 heavy (non-hydrogen) atoms. The molecular formula is C6H4N4. The Hall–Kier alpha value is -1.81. The van der Waals surface area contributed by atoms with E-state index in [9.17, 15) is 0 Å². The Kier molecular flexibility index (Phi) is 1.39. The first-order valence-electron chi connectivity index (χ1n) is 2.61. The third kappa shape index (κ3) is 0.723. The first-order chi connectivity index (χ1) is 4.79. The highest BCUT2D eigenvalue weighted by molar-refractivity contribution is 5.35. The van der Waals surface area contributed by atoms with Crippen LogP contribution in [-0.4, -0.2) is 9.55 Å². The van der Waals surface area contributed by atoms with Crippen LogP contribution in [0.3, 0.4) is 0 Å². The van der Waals surface area contributed by atoms with Crippen LogP contribution < -0.4 is 0 Å². The predicted octanol–water partition coefficient (Wildman–Crippen LogP) is 0.163. The largest absolute Gasteiger partial charge is 0.324 e. The third-order valence-electron chi connectivity index (χ3n) is 1.15. The Bertz CT molecular complexity index is 322. The first kappa shape index (κ1) is 6.31. The molecule has 1 aromatic heterocycles. The summed E-state index contributed by atoms with van der Waals surface area (Å²) in [6.45, 7) is 0. The van der Waals surface area contributed by atoms with Crippen LogP contribution in [0.2, 0.25) is 0 Å². The molecule has 0 saturated heterocycles. The maximum absolute atomic E-state index is 8.46. The van der Waals surface area contributed by atoms with Crippen LogP contribution in [0.15, 0.2) is 6.33 Å². The Morgan fingerprint density at radius 3 is 2.60 bits per heavy atom. The summed E-state index contributed by atoms with van der Waals surface area (Å²) in [5, 5.41) is 16.8. The number of imidazole rings is 1. The van der Waals surface area contributed by atoms with Crippen LogP contribution in [-0.2, 0) is 7.05 Å². The van der Waals surface area contributed by atoms with Crippen molar-refractivity contribution >= 4 is 0 Å². The molecule has 1 aromatic rings. The highest BCUT2D eigenvalue weighted by Gasteiger charge is 2.04. The van der Waals surface area contributed by atoms with E-state index in [2.05, 4.69) is 4.98 Å². The van der Waals surface area contributed by atoms with E-state index < -0.39 is 0 Å². The summed E-state index contributed by atoms with van der Waals surface area (Å²) in [5.41, 5.74) is 0.493. The molecule has 0 aliphatic carbocycles. The molecule has 0 spiro atoms. The van der Waals surface area contributed by atoms with Crippen LogP contribution >= 0.6 is 0 Å². The smallest absolute Gasteiger partial charge is 0.176 e. The zero-order chi connectivity index (χ0) is 7.56. The highest BCUT2D eigenvalue weighted by atomic mass is 15.0. The summed E-state index contributed by atoms with van der Waals surface area (Å²) in [6, 6.07) is 3.69. The topological polar surface area (TPSA) is 65.4 Å². The van der Waals surface area contributed by atoms with Crippen LogP contribution in [0, 0.1) is 22.7 Å². The van der Waals surface area contributed by atoms with E-state index in [0.717, 1.165) is 0 Å². The average molecular weight is 132 g/mol. The van der Waals surface area contributed by atoms with Gasteiger partial charge in [-0.1, -0.05) is 0 Å². The van der Waals surface area contributed by atoms with Crippen LogP contribution in [0.25, 0.3) is 0 Å². The molecule has 0 aliphatic heterocycles. The molecule has 0 aliphatic rings. The van der Waals surface area contributed by atoms with E-state index in [1.165, 1.54) is 10.9 Å². The van der Waals surface area contributed by atoms with Crippen LogP contribution in [0.5, 0.6) is 0 Å². The lowest BCUT2D eigenvalue weighted by Crippen LogP contribution is -1.89. The molecule has 1 heterocycles.